The van der Waals surface area contributed by atoms with Gasteiger partial charge in [-0.05, 0) is 42.0 Å². The van der Waals surface area contributed by atoms with Gasteiger partial charge in [-0.15, -0.1) is 13.2 Å². The molecule has 0 spiro atoms. The number of halogens is 7. The number of sulfone groups is 1. The van der Waals surface area contributed by atoms with Crippen LogP contribution in [0.4, 0.5) is 32.0 Å². The summed E-state index contributed by atoms with van der Waals surface area (Å²) >= 11 is 3.23. The molecule has 0 bridgehead atoms. The molecule has 1 amide bonds. The second kappa shape index (κ2) is 10.7. The normalized spacial score (nSPS) is 15.0. The molecule has 1 unspecified atom stereocenters. The number of rotatable bonds is 8. The summed E-state index contributed by atoms with van der Waals surface area (Å²) in [6, 6.07) is 8.04. The maximum Gasteiger partial charge on any atom is 0.561 e. The van der Waals surface area contributed by atoms with Crippen molar-refractivity contribution < 1.29 is 44.2 Å². The molecule has 0 aliphatic heterocycles. The van der Waals surface area contributed by atoms with E-state index in [0.29, 0.717) is 10.0 Å². The molecule has 0 saturated heterocycles. The van der Waals surface area contributed by atoms with Crippen molar-refractivity contribution in [2.45, 2.75) is 36.8 Å². The zero-order valence-corrected chi connectivity index (χ0v) is 22.0. The first-order chi connectivity index (χ1) is 16.7. The molecular weight excluding hydrogens is 596 g/mol. The van der Waals surface area contributed by atoms with Crippen molar-refractivity contribution >= 4 is 43.4 Å². The van der Waals surface area contributed by atoms with E-state index in [9.17, 15) is 44.8 Å². The Kier molecular flexibility index (Phi) is 8.89. The number of amides is 1. The third kappa shape index (κ3) is 7.99. The average molecular weight is 618 g/mol. The lowest BCUT2D eigenvalue weighted by Gasteiger charge is -2.46. The van der Waals surface area contributed by atoms with Crippen molar-refractivity contribution in [3.05, 3.63) is 63.4 Å². The van der Waals surface area contributed by atoms with Gasteiger partial charge in [-0.1, -0.05) is 41.9 Å². The Balaban J connectivity index is 2.45. The van der Waals surface area contributed by atoms with E-state index in [2.05, 4.69) is 20.9 Å². The van der Waals surface area contributed by atoms with Crippen LogP contribution in [0.5, 0.6) is 0 Å². The summed E-state index contributed by atoms with van der Waals surface area (Å²) in [7, 11) is -3.96. The molecule has 1 N–H and O–H groups in total. The second-order valence-corrected chi connectivity index (χ2v) is 11.7. The van der Waals surface area contributed by atoms with Gasteiger partial charge in [0.25, 0.3) is 0 Å². The topological polar surface area (TPSA) is 99.2 Å². The van der Waals surface area contributed by atoms with Crippen molar-refractivity contribution in [1.82, 2.24) is 4.98 Å². The van der Waals surface area contributed by atoms with Crippen molar-refractivity contribution in [2.75, 3.05) is 24.7 Å². The van der Waals surface area contributed by atoms with Gasteiger partial charge in [0.2, 0.25) is 0 Å². The maximum absolute atomic E-state index is 13.9. The lowest BCUT2D eigenvalue weighted by Crippen LogP contribution is -2.58. The molecule has 7 nitrogen and oxygen atoms in total. The summed E-state index contributed by atoms with van der Waals surface area (Å²) in [5.74, 6) is -2.41. The van der Waals surface area contributed by atoms with E-state index in [1.165, 1.54) is 19.2 Å². The monoisotopic (exact) mass is 617 g/mol. The Hall–Kier alpha value is -2.49. The van der Waals surface area contributed by atoms with Crippen LogP contribution in [0.2, 0.25) is 0 Å². The van der Waals surface area contributed by atoms with E-state index in [-0.39, 0.29) is 0 Å². The van der Waals surface area contributed by atoms with Crippen LogP contribution < -0.4 is 5.32 Å². The minimum absolute atomic E-state index is 0.452. The Labute approximate surface area is 217 Å². The van der Waals surface area contributed by atoms with Gasteiger partial charge in [0.1, 0.15) is 6.54 Å². The number of nitrogens with one attached hydrogen (secondary N) is 1. The van der Waals surface area contributed by atoms with E-state index in [4.69, 9.17) is 0 Å². The third-order valence-corrected chi connectivity index (χ3v) is 6.66. The van der Waals surface area contributed by atoms with Crippen molar-refractivity contribution in [1.29, 1.82) is 0 Å². The predicted octanol–water partition coefficient (Wildman–Crippen LogP) is 5.57. The molecular formula is C22H22BrF6N3O4S. The number of pyridine rings is 1. The molecule has 1 heterocycles. The number of carbonyl (C=O) groups excluding carboxylic acids is 1. The average Bonchev–Trinajstić information content (AvgIpc) is 2.72. The van der Waals surface area contributed by atoms with Crippen LogP contribution in [0.3, 0.4) is 0 Å². The molecule has 1 atom stereocenters. The molecule has 204 valence electrons. The van der Waals surface area contributed by atoms with Crippen LogP contribution in [-0.4, -0.2) is 55.8 Å². The Morgan fingerprint density at radius 1 is 1.14 bits per heavy atom. The van der Waals surface area contributed by atoms with Crippen LogP contribution in [0, 0.1) is 5.21 Å². The number of aromatic nitrogens is 1. The third-order valence-electron chi connectivity index (χ3n) is 5.18. The molecule has 1 aromatic carbocycles. The molecule has 0 aliphatic carbocycles. The van der Waals surface area contributed by atoms with E-state index in [0.717, 1.165) is 30.5 Å². The van der Waals surface area contributed by atoms with Crippen LogP contribution in [0.25, 0.3) is 6.08 Å². The molecule has 15 heteroatoms. The van der Waals surface area contributed by atoms with E-state index >= 15 is 0 Å². The Bertz CT molecular complexity index is 1300. The van der Waals surface area contributed by atoms with Gasteiger partial charge >= 0.3 is 18.4 Å². The fourth-order valence-electron chi connectivity index (χ4n) is 3.32. The highest BCUT2D eigenvalue weighted by molar-refractivity contribution is 9.10. The number of alkyl halides is 6. The predicted molar refractivity (Wildman–Crippen MR) is 128 cm³/mol. The lowest BCUT2D eigenvalue weighted by atomic mass is 9.84. The second-order valence-electron chi connectivity index (χ2n) is 8.80. The Morgan fingerprint density at radius 3 is 2.27 bits per heavy atom. The number of anilines is 1. The van der Waals surface area contributed by atoms with Gasteiger partial charge in [-0.25, -0.2) is 13.4 Å². The first-order valence-electron chi connectivity index (χ1n) is 10.3. The van der Waals surface area contributed by atoms with Gasteiger partial charge in [0.15, 0.2) is 14.9 Å². The number of hydroxylamine groups is 3. The van der Waals surface area contributed by atoms with Crippen LogP contribution >= 0.6 is 15.9 Å². The van der Waals surface area contributed by atoms with Crippen molar-refractivity contribution in [3.63, 3.8) is 0 Å². The zero-order valence-electron chi connectivity index (χ0n) is 19.6. The molecule has 37 heavy (non-hydrogen) atoms. The fraction of sp³-hybridized carbons (Fsp3) is 0.364. The minimum atomic E-state index is -5.30. The number of nitrogens with zero attached hydrogens (tertiary/aromatic N) is 2. The largest absolute Gasteiger partial charge is 0.626 e. The van der Waals surface area contributed by atoms with Crippen LogP contribution in [0.15, 0.2) is 52.0 Å². The summed E-state index contributed by atoms with van der Waals surface area (Å²) in [6.07, 6.45) is -8.35. The van der Waals surface area contributed by atoms with Gasteiger partial charge < -0.3 is 10.5 Å². The van der Waals surface area contributed by atoms with Gasteiger partial charge in [-0.2, -0.15) is 13.2 Å². The van der Waals surface area contributed by atoms with E-state index in [1.807, 2.05) is 0 Å². The number of carbonyl (C=O) groups is 1. The molecule has 0 aliphatic rings. The van der Waals surface area contributed by atoms with Crippen molar-refractivity contribution in [3.8, 4) is 0 Å². The fourth-order valence-corrected chi connectivity index (χ4v) is 4.30. The molecule has 0 saturated carbocycles. The van der Waals surface area contributed by atoms with Crippen LogP contribution in [-0.2, 0) is 20.0 Å². The summed E-state index contributed by atoms with van der Waals surface area (Å²) < 4.78 is 101. The van der Waals surface area contributed by atoms with Gasteiger partial charge in [0.05, 0.1) is 17.9 Å². The molecule has 0 radical (unpaired) electrons. The Morgan fingerprint density at radius 2 is 1.76 bits per heavy atom. The first kappa shape index (κ1) is 30.7. The van der Waals surface area contributed by atoms with Gasteiger partial charge in [-0.3, -0.25) is 9.44 Å². The zero-order chi connectivity index (χ0) is 28.4. The summed E-state index contributed by atoms with van der Waals surface area (Å²) in [6.45, 7) is 0.748. The standard InChI is InChI=1S/C22H22BrF6N3O4S/c1-20(2,14-6-4-7-15(23)12-14)13-32(34,22(27,28)29)11-5-8-16-17(31-19(33)21(24,25)26)9-10-18(30-16)37(3,35)36/h4-10,12H,11,13H2,1-3H3,(H,31,33)/b8-5+. The number of quaternary nitrogens is 1. The molecule has 2 rings (SSSR count). The molecule has 2 aromatic rings. The maximum atomic E-state index is 13.9. The SMILES string of the molecule is CC(C)(C[N+]([O-])(C/C=C/c1nc(S(C)(=O)=O)ccc1NC(=O)C(F)(F)F)C(F)(F)F)c1cccc(Br)c1. The number of hydrogen-bond donors (Lipinski definition) is 1. The molecule has 1 aromatic heterocycles. The highest BCUT2D eigenvalue weighted by Crippen LogP contribution is 2.36. The lowest BCUT2D eigenvalue weighted by molar-refractivity contribution is -0.986. The van der Waals surface area contributed by atoms with Crippen molar-refractivity contribution in [2.24, 2.45) is 0 Å². The quantitative estimate of drug-likeness (QED) is 0.181. The highest BCUT2D eigenvalue weighted by atomic mass is 79.9. The highest BCUT2D eigenvalue weighted by Gasteiger charge is 2.51. The smallest absolute Gasteiger partial charge is 0.561 e. The number of hydrogen-bond acceptors (Lipinski definition) is 5. The summed E-state index contributed by atoms with van der Waals surface area (Å²) in [5.41, 5.74) is -2.00. The first-order valence-corrected chi connectivity index (χ1v) is 13.0. The summed E-state index contributed by atoms with van der Waals surface area (Å²) in [4.78, 5) is 15.0. The number of benzene rings is 1. The van der Waals surface area contributed by atoms with Crippen LogP contribution in [0.1, 0.15) is 25.1 Å². The molecule has 0 fully saturated rings. The van der Waals surface area contributed by atoms with E-state index < -0.39 is 67.8 Å². The van der Waals surface area contributed by atoms with E-state index in [1.54, 1.807) is 24.3 Å². The minimum Gasteiger partial charge on any atom is -0.626 e. The van der Waals surface area contributed by atoms with Gasteiger partial charge in [0, 0.05) is 16.1 Å². The summed E-state index contributed by atoms with van der Waals surface area (Å²) in [5, 5.41) is 13.9.